The molecule has 0 N–H and O–H groups in total. The van der Waals surface area contributed by atoms with Crippen molar-refractivity contribution in [3.05, 3.63) is 17.3 Å². The molecule has 0 aliphatic heterocycles. The number of rotatable bonds is 7. The van der Waals surface area contributed by atoms with E-state index in [0.717, 1.165) is 19.4 Å². The Hall–Kier alpha value is -0.870. The summed E-state index contributed by atoms with van der Waals surface area (Å²) in [5.41, 5.74) is 0. The highest BCUT2D eigenvalue weighted by Gasteiger charge is 1.96. The number of halogens is 1. The zero-order valence-electron chi connectivity index (χ0n) is 8.78. The molecule has 1 heterocycles. The van der Waals surface area contributed by atoms with E-state index in [1.165, 1.54) is 0 Å². The highest BCUT2D eigenvalue weighted by molar-refractivity contribution is 6.29. The molecule has 0 aliphatic carbocycles. The Kier molecular flexibility index (Phi) is 6.04. The second-order valence-corrected chi connectivity index (χ2v) is 3.40. The Balaban J connectivity index is 2.07. The van der Waals surface area contributed by atoms with Gasteiger partial charge in [0.2, 0.25) is 5.88 Å². The fraction of sp³-hybridized carbons (Fsp3) is 0.600. The first-order chi connectivity index (χ1) is 7.33. The van der Waals surface area contributed by atoms with Crippen LogP contribution in [0, 0.1) is 0 Å². The van der Waals surface area contributed by atoms with Crippen molar-refractivity contribution >= 4 is 11.6 Å². The minimum Gasteiger partial charge on any atom is -0.474 e. The van der Waals surface area contributed by atoms with Crippen molar-refractivity contribution in [3.63, 3.8) is 0 Å². The number of hydrogen-bond donors (Lipinski definition) is 0. The summed E-state index contributed by atoms with van der Waals surface area (Å²) in [7, 11) is 0. The van der Waals surface area contributed by atoms with Gasteiger partial charge in [0, 0.05) is 12.7 Å². The summed E-state index contributed by atoms with van der Waals surface area (Å²) < 4.78 is 10.6. The summed E-state index contributed by atoms with van der Waals surface area (Å²) in [5.74, 6) is 0.471. The molecule has 0 bridgehead atoms. The van der Waals surface area contributed by atoms with Gasteiger partial charge in [-0.2, -0.15) is 0 Å². The minimum atomic E-state index is 0.363. The van der Waals surface area contributed by atoms with E-state index in [9.17, 15) is 0 Å². The average molecular weight is 231 g/mol. The zero-order valence-corrected chi connectivity index (χ0v) is 9.54. The van der Waals surface area contributed by atoms with Gasteiger partial charge in [-0.3, -0.25) is 0 Å². The Bertz CT molecular complexity index is 267. The highest BCUT2D eigenvalue weighted by Crippen LogP contribution is 2.07. The Labute approximate surface area is 94.6 Å². The Morgan fingerprint density at radius 3 is 2.73 bits per heavy atom. The lowest BCUT2D eigenvalue weighted by molar-refractivity contribution is 0.0961. The van der Waals surface area contributed by atoms with Crippen molar-refractivity contribution < 1.29 is 9.47 Å². The Morgan fingerprint density at radius 1 is 1.20 bits per heavy atom. The van der Waals surface area contributed by atoms with E-state index in [-0.39, 0.29) is 0 Å². The maximum Gasteiger partial charge on any atom is 0.233 e. The van der Waals surface area contributed by atoms with Crippen LogP contribution in [0.2, 0.25) is 5.15 Å². The van der Waals surface area contributed by atoms with Crippen LogP contribution in [-0.4, -0.2) is 30.0 Å². The predicted octanol–water partition coefficient (Wildman–Crippen LogP) is 2.33. The van der Waals surface area contributed by atoms with Crippen LogP contribution in [0.3, 0.4) is 0 Å². The van der Waals surface area contributed by atoms with E-state index >= 15 is 0 Å². The molecule has 0 aromatic carbocycles. The summed E-state index contributed by atoms with van der Waals surface area (Å²) in [6, 6.07) is 3.32. The van der Waals surface area contributed by atoms with Crippen molar-refractivity contribution in [1.82, 2.24) is 10.2 Å². The maximum atomic E-state index is 5.58. The summed E-state index contributed by atoms with van der Waals surface area (Å²) in [4.78, 5) is 0. The molecule has 0 unspecified atom stereocenters. The lowest BCUT2D eigenvalue weighted by Crippen LogP contribution is -2.08. The third kappa shape index (κ3) is 5.54. The van der Waals surface area contributed by atoms with Gasteiger partial charge < -0.3 is 9.47 Å². The van der Waals surface area contributed by atoms with E-state index in [4.69, 9.17) is 21.1 Å². The molecule has 1 aromatic heterocycles. The molecular formula is C10H15ClN2O2. The van der Waals surface area contributed by atoms with Gasteiger partial charge >= 0.3 is 0 Å². The molecule has 4 nitrogen and oxygen atoms in total. The van der Waals surface area contributed by atoms with Crippen LogP contribution in [0.25, 0.3) is 0 Å². The summed E-state index contributed by atoms with van der Waals surface area (Å²) >= 11 is 5.58. The molecule has 0 atom stereocenters. The average Bonchev–Trinajstić information content (AvgIpc) is 2.26. The molecular weight excluding hydrogens is 216 g/mol. The molecule has 0 saturated heterocycles. The topological polar surface area (TPSA) is 44.2 Å². The van der Waals surface area contributed by atoms with Crippen molar-refractivity contribution in [2.24, 2.45) is 0 Å². The monoisotopic (exact) mass is 230 g/mol. The number of aromatic nitrogens is 2. The van der Waals surface area contributed by atoms with Crippen LogP contribution in [-0.2, 0) is 4.74 Å². The number of hydrogen-bond acceptors (Lipinski definition) is 4. The van der Waals surface area contributed by atoms with Gasteiger partial charge in [-0.05, 0) is 12.5 Å². The molecule has 0 radical (unpaired) electrons. The van der Waals surface area contributed by atoms with Crippen molar-refractivity contribution in [2.45, 2.75) is 19.8 Å². The summed E-state index contributed by atoms with van der Waals surface area (Å²) in [6.45, 7) is 3.97. The van der Waals surface area contributed by atoms with Gasteiger partial charge in [-0.1, -0.05) is 24.9 Å². The quantitative estimate of drug-likeness (QED) is 0.675. The SMILES string of the molecule is CCCCOCCOc1ccc(Cl)nn1. The van der Waals surface area contributed by atoms with Gasteiger partial charge in [0.15, 0.2) is 5.15 Å². The fourth-order valence-electron chi connectivity index (χ4n) is 0.934. The van der Waals surface area contributed by atoms with Crippen LogP contribution in [0.1, 0.15) is 19.8 Å². The van der Waals surface area contributed by atoms with Gasteiger partial charge in [0.25, 0.3) is 0 Å². The molecule has 0 aliphatic rings. The second kappa shape index (κ2) is 7.43. The molecule has 5 heteroatoms. The highest BCUT2D eigenvalue weighted by atomic mass is 35.5. The third-order valence-corrected chi connectivity index (χ3v) is 1.93. The molecule has 84 valence electrons. The van der Waals surface area contributed by atoms with Crippen molar-refractivity contribution in [2.75, 3.05) is 19.8 Å². The number of unbranched alkanes of at least 4 members (excludes halogenated alkanes) is 1. The zero-order chi connectivity index (χ0) is 10.9. The normalized spacial score (nSPS) is 10.3. The van der Waals surface area contributed by atoms with Crippen molar-refractivity contribution in [3.8, 4) is 5.88 Å². The summed E-state index contributed by atoms with van der Waals surface area (Å²) in [6.07, 6.45) is 2.23. The number of ether oxygens (including phenoxy) is 2. The minimum absolute atomic E-state index is 0.363. The molecule has 0 saturated carbocycles. The predicted molar refractivity (Wildman–Crippen MR) is 58.3 cm³/mol. The van der Waals surface area contributed by atoms with E-state index in [1.54, 1.807) is 12.1 Å². The van der Waals surface area contributed by atoms with Crippen LogP contribution in [0.5, 0.6) is 5.88 Å². The molecule has 1 aromatic rings. The molecule has 0 fully saturated rings. The van der Waals surface area contributed by atoms with E-state index in [1.807, 2.05) is 0 Å². The lowest BCUT2D eigenvalue weighted by Gasteiger charge is -2.05. The first kappa shape index (κ1) is 12.2. The van der Waals surface area contributed by atoms with E-state index in [0.29, 0.717) is 24.2 Å². The lowest BCUT2D eigenvalue weighted by atomic mass is 10.4. The second-order valence-electron chi connectivity index (χ2n) is 3.01. The first-order valence-corrected chi connectivity index (χ1v) is 5.40. The van der Waals surface area contributed by atoms with Gasteiger partial charge in [0.05, 0.1) is 6.61 Å². The smallest absolute Gasteiger partial charge is 0.233 e. The standard InChI is InChI=1S/C10H15ClN2O2/c1-2-3-6-14-7-8-15-10-5-4-9(11)12-13-10/h4-5H,2-3,6-8H2,1H3. The van der Waals surface area contributed by atoms with Crippen LogP contribution in [0.15, 0.2) is 12.1 Å². The molecule has 0 amide bonds. The molecule has 0 spiro atoms. The van der Waals surface area contributed by atoms with Crippen LogP contribution in [0.4, 0.5) is 0 Å². The van der Waals surface area contributed by atoms with E-state index in [2.05, 4.69) is 17.1 Å². The summed E-state index contributed by atoms with van der Waals surface area (Å²) in [5, 5.41) is 7.77. The largest absolute Gasteiger partial charge is 0.474 e. The van der Waals surface area contributed by atoms with Gasteiger partial charge in [-0.15, -0.1) is 10.2 Å². The number of nitrogens with zero attached hydrogens (tertiary/aromatic N) is 2. The van der Waals surface area contributed by atoms with Gasteiger partial charge in [0.1, 0.15) is 6.61 Å². The molecule has 15 heavy (non-hydrogen) atoms. The molecule has 1 rings (SSSR count). The fourth-order valence-corrected chi connectivity index (χ4v) is 1.04. The third-order valence-electron chi connectivity index (χ3n) is 1.73. The Morgan fingerprint density at radius 2 is 2.07 bits per heavy atom. The van der Waals surface area contributed by atoms with Crippen LogP contribution >= 0.6 is 11.6 Å². The maximum absolute atomic E-state index is 5.58. The van der Waals surface area contributed by atoms with Crippen LogP contribution < -0.4 is 4.74 Å². The first-order valence-electron chi connectivity index (χ1n) is 5.02. The van der Waals surface area contributed by atoms with E-state index < -0.39 is 0 Å². The van der Waals surface area contributed by atoms with Crippen molar-refractivity contribution in [1.29, 1.82) is 0 Å². The van der Waals surface area contributed by atoms with Gasteiger partial charge in [-0.25, -0.2) is 0 Å².